The van der Waals surface area contributed by atoms with Crippen molar-refractivity contribution < 1.29 is 4.74 Å². The second-order valence-electron chi connectivity index (χ2n) is 3.07. The maximum Gasteiger partial charge on any atom is 0.118 e. The van der Waals surface area contributed by atoms with E-state index >= 15 is 0 Å². The zero-order valence-electron chi connectivity index (χ0n) is 8.27. The summed E-state index contributed by atoms with van der Waals surface area (Å²) in [6.07, 6.45) is 1.76. The number of hydrogen-bond acceptors (Lipinski definition) is 2. The molecule has 0 aliphatic rings. The summed E-state index contributed by atoms with van der Waals surface area (Å²) >= 11 is 3.43. The lowest BCUT2D eigenvalue weighted by Crippen LogP contribution is -1.84. The van der Waals surface area contributed by atoms with Gasteiger partial charge in [-0.1, -0.05) is 18.2 Å². The average molecular weight is 264 g/mol. The van der Waals surface area contributed by atoms with Gasteiger partial charge in [-0.15, -0.1) is 0 Å². The standard InChI is InChI=1S/C12H10BrNO/c1-15-10-6-4-9(5-7-10)11-3-2-8-14-12(11)13/h2-8H,1H3. The topological polar surface area (TPSA) is 22.1 Å². The van der Waals surface area contributed by atoms with Gasteiger partial charge in [-0.2, -0.15) is 0 Å². The maximum atomic E-state index is 5.11. The van der Waals surface area contributed by atoms with Crippen LogP contribution in [0, 0.1) is 0 Å². The van der Waals surface area contributed by atoms with Crippen molar-refractivity contribution in [2.75, 3.05) is 7.11 Å². The Morgan fingerprint density at radius 2 is 1.87 bits per heavy atom. The van der Waals surface area contributed by atoms with Crippen LogP contribution in [0.15, 0.2) is 47.2 Å². The Labute approximate surface area is 97.1 Å². The Bertz CT molecular complexity index is 453. The van der Waals surface area contributed by atoms with Crippen LogP contribution in [0.4, 0.5) is 0 Å². The summed E-state index contributed by atoms with van der Waals surface area (Å²) in [6.45, 7) is 0. The molecule has 0 radical (unpaired) electrons. The van der Waals surface area contributed by atoms with Crippen molar-refractivity contribution in [2.45, 2.75) is 0 Å². The predicted molar refractivity (Wildman–Crippen MR) is 63.9 cm³/mol. The van der Waals surface area contributed by atoms with Crippen LogP contribution in [0.1, 0.15) is 0 Å². The summed E-state index contributed by atoms with van der Waals surface area (Å²) in [5, 5.41) is 0. The highest BCUT2D eigenvalue weighted by Gasteiger charge is 2.02. The summed E-state index contributed by atoms with van der Waals surface area (Å²) in [7, 11) is 1.66. The zero-order valence-corrected chi connectivity index (χ0v) is 9.86. The van der Waals surface area contributed by atoms with Crippen LogP contribution in [-0.2, 0) is 0 Å². The van der Waals surface area contributed by atoms with E-state index < -0.39 is 0 Å². The molecule has 15 heavy (non-hydrogen) atoms. The molecule has 2 aromatic rings. The molecule has 1 aromatic carbocycles. The number of methoxy groups -OCH3 is 1. The van der Waals surface area contributed by atoms with E-state index in [9.17, 15) is 0 Å². The van der Waals surface area contributed by atoms with E-state index in [1.165, 1.54) is 0 Å². The lowest BCUT2D eigenvalue weighted by atomic mass is 10.1. The molecule has 2 nitrogen and oxygen atoms in total. The van der Waals surface area contributed by atoms with Gasteiger partial charge in [0.05, 0.1) is 7.11 Å². The van der Waals surface area contributed by atoms with E-state index in [0.717, 1.165) is 21.5 Å². The third-order valence-electron chi connectivity index (χ3n) is 2.16. The fourth-order valence-electron chi connectivity index (χ4n) is 1.37. The van der Waals surface area contributed by atoms with Gasteiger partial charge < -0.3 is 4.74 Å². The van der Waals surface area contributed by atoms with Crippen molar-refractivity contribution in [2.24, 2.45) is 0 Å². The number of aromatic nitrogens is 1. The van der Waals surface area contributed by atoms with Crippen LogP contribution < -0.4 is 4.74 Å². The van der Waals surface area contributed by atoms with Gasteiger partial charge >= 0.3 is 0 Å². The Hall–Kier alpha value is -1.35. The monoisotopic (exact) mass is 263 g/mol. The molecule has 3 heteroatoms. The van der Waals surface area contributed by atoms with Crippen LogP contribution in [0.5, 0.6) is 5.75 Å². The van der Waals surface area contributed by atoms with E-state index in [4.69, 9.17) is 4.74 Å². The highest BCUT2D eigenvalue weighted by atomic mass is 79.9. The maximum absolute atomic E-state index is 5.11. The number of pyridine rings is 1. The number of rotatable bonds is 2. The van der Waals surface area contributed by atoms with Gasteiger partial charge in [-0.25, -0.2) is 4.98 Å². The van der Waals surface area contributed by atoms with Crippen molar-refractivity contribution in [1.82, 2.24) is 4.98 Å². The highest BCUT2D eigenvalue weighted by Crippen LogP contribution is 2.27. The predicted octanol–water partition coefficient (Wildman–Crippen LogP) is 3.52. The summed E-state index contributed by atoms with van der Waals surface area (Å²) in [4.78, 5) is 4.18. The Kier molecular flexibility index (Phi) is 3.02. The first kappa shape index (κ1) is 10.2. The van der Waals surface area contributed by atoms with E-state index in [1.54, 1.807) is 13.3 Å². The first-order chi connectivity index (χ1) is 7.31. The van der Waals surface area contributed by atoms with Crippen LogP contribution in [0.3, 0.4) is 0 Å². The number of benzene rings is 1. The lowest BCUT2D eigenvalue weighted by Gasteiger charge is -2.04. The second kappa shape index (κ2) is 4.45. The normalized spacial score (nSPS) is 10.0. The second-order valence-corrected chi connectivity index (χ2v) is 3.82. The van der Waals surface area contributed by atoms with E-state index in [-0.39, 0.29) is 0 Å². The highest BCUT2D eigenvalue weighted by molar-refractivity contribution is 9.10. The van der Waals surface area contributed by atoms with Gasteiger partial charge in [-0.3, -0.25) is 0 Å². The summed E-state index contributed by atoms with van der Waals surface area (Å²) in [5.41, 5.74) is 2.20. The number of halogens is 1. The van der Waals surface area contributed by atoms with Crippen molar-refractivity contribution in [3.8, 4) is 16.9 Å². The minimum absolute atomic E-state index is 0.857. The third kappa shape index (κ3) is 2.18. The summed E-state index contributed by atoms with van der Waals surface area (Å²) < 4.78 is 5.96. The van der Waals surface area contributed by atoms with Gasteiger partial charge in [0.15, 0.2) is 0 Å². The molecule has 0 fully saturated rings. The molecule has 1 heterocycles. The molecule has 1 aromatic heterocycles. The largest absolute Gasteiger partial charge is 0.497 e. The fraction of sp³-hybridized carbons (Fsp3) is 0.0833. The molecule has 0 saturated heterocycles. The van der Waals surface area contributed by atoms with Gasteiger partial charge in [0.25, 0.3) is 0 Å². The Balaban J connectivity index is 2.42. The Morgan fingerprint density at radius 1 is 1.13 bits per heavy atom. The smallest absolute Gasteiger partial charge is 0.118 e. The van der Waals surface area contributed by atoms with E-state index in [2.05, 4.69) is 20.9 Å². The number of hydrogen-bond donors (Lipinski definition) is 0. The zero-order chi connectivity index (χ0) is 10.7. The quantitative estimate of drug-likeness (QED) is 0.774. The number of ether oxygens (including phenoxy) is 1. The van der Waals surface area contributed by atoms with E-state index in [1.807, 2.05) is 36.4 Å². The molecule has 2 rings (SSSR count). The van der Waals surface area contributed by atoms with Crippen LogP contribution in [0.25, 0.3) is 11.1 Å². The molecule has 0 atom stereocenters. The molecule has 76 valence electrons. The molecule has 0 aliphatic carbocycles. The van der Waals surface area contributed by atoms with Crippen LogP contribution >= 0.6 is 15.9 Å². The summed E-state index contributed by atoms with van der Waals surface area (Å²) in [6, 6.07) is 11.9. The molecule has 0 bridgehead atoms. The van der Waals surface area contributed by atoms with Crippen LogP contribution in [-0.4, -0.2) is 12.1 Å². The SMILES string of the molecule is COc1ccc(-c2cccnc2Br)cc1. The first-order valence-electron chi connectivity index (χ1n) is 4.56. The molecule has 0 N–H and O–H groups in total. The molecule has 0 aliphatic heterocycles. The van der Waals surface area contributed by atoms with E-state index in [0.29, 0.717) is 0 Å². The van der Waals surface area contributed by atoms with Gasteiger partial charge in [-0.05, 0) is 39.7 Å². The third-order valence-corrected chi connectivity index (χ3v) is 2.79. The van der Waals surface area contributed by atoms with Crippen LogP contribution in [0.2, 0.25) is 0 Å². The molecule has 0 spiro atoms. The van der Waals surface area contributed by atoms with Crippen molar-refractivity contribution >= 4 is 15.9 Å². The molecule has 0 saturated carbocycles. The Morgan fingerprint density at radius 3 is 2.47 bits per heavy atom. The van der Waals surface area contributed by atoms with Crippen molar-refractivity contribution in [1.29, 1.82) is 0 Å². The fourth-order valence-corrected chi connectivity index (χ4v) is 1.85. The lowest BCUT2D eigenvalue weighted by molar-refractivity contribution is 0.415. The van der Waals surface area contributed by atoms with Gasteiger partial charge in [0.2, 0.25) is 0 Å². The van der Waals surface area contributed by atoms with Crippen molar-refractivity contribution in [3.05, 3.63) is 47.2 Å². The van der Waals surface area contributed by atoms with Crippen molar-refractivity contribution in [3.63, 3.8) is 0 Å². The molecule has 0 amide bonds. The average Bonchev–Trinajstić information content (AvgIpc) is 2.30. The van der Waals surface area contributed by atoms with Gasteiger partial charge in [0, 0.05) is 11.8 Å². The minimum Gasteiger partial charge on any atom is -0.497 e. The minimum atomic E-state index is 0.857. The molecular weight excluding hydrogens is 254 g/mol. The molecular formula is C12H10BrNO. The molecule has 0 unspecified atom stereocenters. The first-order valence-corrected chi connectivity index (χ1v) is 5.35. The van der Waals surface area contributed by atoms with Gasteiger partial charge in [0.1, 0.15) is 10.4 Å². The summed E-state index contributed by atoms with van der Waals surface area (Å²) in [5.74, 6) is 0.860. The number of nitrogens with zero attached hydrogens (tertiary/aromatic N) is 1.